The minimum atomic E-state index is -0.196. The number of anilines is 4. The van der Waals surface area contributed by atoms with E-state index in [4.69, 9.17) is 9.98 Å². The number of aromatic nitrogens is 2. The van der Waals surface area contributed by atoms with Crippen LogP contribution in [0.2, 0.25) is 0 Å². The van der Waals surface area contributed by atoms with Crippen LogP contribution in [0.15, 0.2) is 188 Å². The summed E-state index contributed by atoms with van der Waals surface area (Å²) in [4.78, 5) is 15.4. The van der Waals surface area contributed by atoms with E-state index in [9.17, 15) is 0 Å². The maximum Gasteiger partial charge on any atom is 0.145 e. The van der Waals surface area contributed by atoms with Gasteiger partial charge in [-0.05, 0) is 84.4 Å². The number of rotatable bonds is 8. The van der Waals surface area contributed by atoms with Gasteiger partial charge in [0.05, 0.1) is 34.5 Å². The number of hydrogen-bond acceptors (Lipinski definition) is 5. The van der Waals surface area contributed by atoms with Crippen molar-refractivity contribution in [3.63, 3.8) is 0 Å². The standard InChI is InChI=1S/C45H36N6/c1-3-17-34(4-2)49-40-25-14-11-22-37(40)46-43(49)31-28-32(44-47-38-23-12-15-26-41(38)50(44)35-18-7-5-8-19-35)30-33(29-31)45-48-39-24-13-16-27-42(39)51(45)36-20-9-6-10-21-36/h3-30,38,41,45,48H,1-2H2/b34-17+. The molecule has 9 rings (SSSR count). The predicted octanol–water partition coefficient (Wildman–Crippen LogP) is 10.3. The highest BCUT2D eigenvalue weighted by molar-refractivity contribution is 6.13. The molecular formula is C45H36N6. The molecular weight excluding hydrogens is 625 g/mol. The minimum absolute atomic E-state index is 0.000503. The molecule has 1 aliphatic carbocycles. The van der Waals surface area contributed by atoms with Gasteiger partial charge < -0.3 is 15.1 Å². The highest BCUT2D eigenvalue weighted by Crippen LogP contribution is 2.47. The first-order valence-corrected chi connectivity index (χ1v) is 17.3. The lowest BCUT2D eigenvalue weighted by Gasteiger charge is -2.30. The van der Waals surface area contributed by atoms with Crippen LogP contribution in [0, 0.1) is 0 Å². The van der Waals surface area contributed by atoms with Crippen molar-refractivity contribution in [1.82, 2.24) is 9.55 Å². The lowest BCUT2D eigenvalue weighted by atomic mass is 9.99. The van der Waals surface area contributed by atoms with E-state index in [-0.39, 0.29) is 18.2 Å². The quantitative estimate of drug-likeness (QED) is 0.165. The molecule has 6 nitrogen and oxygen atoms in total. The average molecular weight is 661 g/mol. The molecule has 6 heteroatoms. The summed E-state index contributed by atoms with van der Waals surface area (Å²) in [5.41, 5.74) is 10.3. The number of nitrogens with zero attached hydrogens (tertiary/aromatic N) is 5. The summed E-state index contributed by atoms with van der Waals surface area (Å²) in [5.74, 6) is 1.74. The number of aliphatic imine (C=N–C) groups is 1. The average Bonchev–Trinajstić information content (AvgIpc) is 3.90. The third kappa shape index (κ3) is 5.20. The maximum atomic E-state index is 5.41. The van der Waals surface area contributed by atoms with Crippen molar-refractivity contribution in [3.05, 3.63) is 194 Å². The molecule has 0 radical (unpaired) electrons. The smallest absolute Gasteiger partial charge is 0.145 e. The SMILES string of the molecule is C=C/C=C(\C=C)n1c(-c2cc(C3=NC4C=CC=CC4N3c3ccccc3)cc(C3Nc4ccccc4N3c3ccccc3)c2)nc2ccccc21. The lowest BCUT2D eigenvalue weighted by Crippen LogP contribution is -2.39. The van der Waals surface area contributed by atoms with Gasteiger partial charge in [-0.2, -0.15) is 0 Å². The molecule has 3 aliphatic rings. The summed E-state index contributed by atoms with van der Waals surface area (Å²) >= 11 is 0. The fourth-order valence-electron chi connectivity index (χ4n) is 7.55. The third-order valence-corrected chi connectivity index (χ3v) is 9.76. The first-order chi connectivity index (χ1) is 25.2. The van der Waals surface area contributed by atoms with E-state index in [0.717, 1.165) is 67.8 Å². The number of allylic oxidation sites excluding steroid dienone is 6. The zero-order valence-corrected chi connectivity index (χ0v) is 28.0. The Kier molecular flexibility index (Phi) is 7.55. The van der Waals surface area contributed by atoms with E-state index < -0.39 is 0 Å². The Balaban J connectivity index is 1.30. The lowest BCUT2D eigenvalue weighted by molar-refractivity contribution is 0.739. The van der Waals surface area contributed by atoms with Crippen molar-refractivity contribution in [1.29, 1.82) is 0 Å². The van der Waals surface area contributed by atoms with Crippen LogP contribution in [0.5, 0.6) is 0 Å². The summed E-state index contributed by atoms with van der Waals surface area (Å²) in [6.45, 7) is 8.17. The largest absolute Gasteiger partial charge is 0.359 e. The Bertz CT molecular complexity index is 2420. The van der Waals surface area contributed by atoms with E-state index >= 15 is 0 Å². The molecule has 246 valence electrons. The number of amidine groups is 1. The van der Waals surface area contributed by atoms with Crippen LogP contribution in [0.1, 0.15) is 17.3 Å². The van der Waals surface area contributed by atoms with Crippen LogP contribution < -0.4 is 15.1 Å². The van der Waals surface area contributed by atoms with Gasteiger partial charge in [0.15, 0.2) is 0 Å². The summed E-state index contributed by atoms with van der Waals surface area (Å²) < 4.78 is 2.18. The number of fused-ring (bicyclic) bond motifs is 3. The predicted molar refractivity (Wildman–Crippen MR) is 213 cm³/mol. The fourth-order valence-corrected chi connectivity index (χ4v) is 7.55. The number of benzene rings is 5. The molecule has 0 bridgehead atoms. The van der Waals surface area contributed by atoms with Gasteiger partial charge >= 0.3 is 0 Å². The Labute approximate surface area is 298 Å². The summed E-state index contributed by atoms with van der Waals surface area (Å²) in [6.07, 6.45) is 14.1. The van der Waals surface area contributed by atoms with Gasteiger partial charge in [-0.3, -0.25) is 9.56 Å². The van der Waals surface area contributed by atoms with Gasteiger partial charge in [0, 0.05) is 28.2 Å². The first kappa shape index (κ1) is 30.4. The normalized spacial score (nSPS) is 19.1. The van der Waals surface area contributed by atoms with Crippen LogP contribution in [-0.2, 0) is 0 Å². The third-order valence-electron chi connectivity index (χ3n) is 9.76. The van der Waals surface area contributed by atoms with Crippen molar-refractivity contribution >= 4 is 45.3 Å². The van der Waals surface area contributed by atoms with Crippen LogP contribution in [0.3, 0.4) is 0 Å². The van der Waals surface area contributed by atoms with Gasteiger partial charge in [0.25, 0.3) is 0 Å². The van der Waals surface area contributed by atoms with E-state index in [1.54, 1.807) is 6.08 Å². The highest BCUT2D eigenvalue weighted by Gasteiger charge is 2.37. The molecule has 0 saturated heterocycles. The van der Waals surface area contributed by atoms with Gasteiger partial charge in [0.2, 0.25) is 0 Å². The van der Waals surface area contributed by atoms with Crippen LogP contribution in [-0.4, -0.2) is 27.5 Å². The minimum Gasteiger partial charge on any atom is -0.359 e. The Morgan fingerprint density at radius 3 is 2.18 bits per heavy atom. The summed E-state index contributed by atoms with van der Waals surface area (Å²) in [5, 5.41) is 3.87. The molecule has 1 N–H and O–H groups in total. The van der Waals surface area contributed by atoms with Crippen LogP contribution in [0.25, 0.3) is 28.1 Å². The zero-order valence-electron chi connectivity index (χ0n) is 28.0. The van der Waals surface area contributed by atoms with Gasteiger partial charge in [-0.25, -0.2) is 4.98 Å². The summed E-state index contributed by atoms with van der Waals surface area (Å²) in [7, 11) is 0. The van der Waals surface area contributed by atoms with Gasteiger partial charge in [-0.15, -0.1) is 0 Å². The topological polar surface area (TPSA) is 48.7 Å². The molecule has 0 amide bonds. The Morgan fingerprint density at radius 1 is 0.706 bits per heavy atom. The van der Waals surface area contributed by atoms with Crippen LogP contribution >= 0.6 is 0 Å². The second kappa shape index (κ2) is 12.7. The van der Waals surface area contributed by atoms with E-state index in [1.807, 2.05) is 24.3 Å². The molecule has 0 fully saturated rings. The van der Waals surface area contributed by atoms with Crippen molar-refractivity contribution < 1.29 is 0 Å². The van der Waals surface area contributed by atoms with E-state index in [0.29, 0.717) is 0 Å². The van der Waals surface area contributed by atoms with Crippen molar-refractivity contribution in [2.24, 2.45) is 4.99 Å². The first-order valence-electron chi connectivity index (χ1n) is 17.3. The van der Waals surface area contributed by atoms with Crippen LogP contribution in [0.4, 0.5) is 22.7 Å². The molecule has 3 heterocycles. The zero-order chi connectivity index (χ0) is 34.3. The molecule has 5 aromatic carbocycles. The second-order valence-corrected chi connectivity index (χ2v) is 12.8. The van der Waals surface area contributed by atoms with Gasteiger partial charge in [0.1, 0.15) is 17.8 Å². The fraction of sp³-hybridized carbons (Fsp3) is 0.0667. The highest BCUT2D eigenvalue weighted by atomic mass is 15.3. The number of para-hydroxylation sites is 6. The molecule has 3 unspecified atom stereocenters. The van der Waals surface area contributed by atoms with Gasteiger partial charge in [-0.1, -0.05) is 104 Å². The molecule has 1 aromatic heterocycles. The molecule has 3 atom stereocenters. The number of imidazole rings is 1. The number of hydrogen-bond donors (Lipinski definition) is 1. The van der Waals surface area contributed by atoms with E-state index in [1.165, 1.54) is 0 Å². The van der Waals surface area contributed by atoms with E-state index in [2.05, 4.69) is 172 Å². The monoisotopic (exact) mass is 660 g/mol. The van der Waals surface area contributed by atoms with Crippen molar-refractivity contribution in [2.75, 3.05) is 15.1 Å². The Morgan fingerprint density at radius 2 is 1.39 bits per heavy atom. The maximum absolute atomic E-state index is 5.41. The second-order valence-electron chi connectivity index (χ2n) is 12.8. The molecule has 2 aliphatic heterocycles. The molecule has 0 saturated carbocycles. The molecule has 0 spiro atoms. The number of nitrogens with one attached hydrogen (secondary N) is 1. The van der Waals surface area contributed by atoms with Crippen molar-refractivity contribution in [2.45, 2.75) is 18.2 Å². The molecule has 6 aromatic rings. The Hall–Kier alpha value is -6.66. The van der Waals surface area contributed by atoms with Crippen molar-refractivity contribution in [3.8, 4) is 11.4 Å². The molecule has 51 heavy (non-hydrogen) atoms. The summed E-state index contributed by atoms with van der Waals surface area (Å²) in [6, 6.07) is 44.8.